The van der Waals surface area contributed by atoms with Gasteiger partial charge in [-0.3, -0.25) is 0 Å². The van der Waals surface area contributed by atoms with Gasteiger partial charge in [-0.05, 0) is 18.3 Å². The lowest BCUT2D eigenvalue weighted by molar-refractivity contribution is 0.103. The maximum atomic E-state index is 8.81. The van der Waals surface area contributed by atoms with Crippen molar-refractivity contribution in [3.05, 3.63) is 0 Å². The molecule has 0 saturated carbocycles. The molecule has 0 saturated heterocycles. The van der Waals surface area contributed by atoms with Gasteiger partial charge in [0.2, 0.25) is 0 Å². The Bertz CT molecular complexity index is 67.3. The van der Waals surface area contributed by atoms with Crippen molar-refractivity contribution in [1.82, 2.24) is 0 Å². The van der Waals surface area contributed by atoms with Gasteiger partial charge < -0.3 is 10.2 Å². The van der Waals surface area contributed by atoms with Gasteiger partial charge in [-0.2, -0.15) is 0 Å². The van der Waals surface area contributed by atoms with E-state index in [1.807, 2.05) is 13.8 Å². The third kappa shape index (κ3) is 2.82. The van der Waals surface area contributed by atoms with Crippen molar-refractivity contribution in [1.29, 1.82) is 0 Å². The Morgan fingerprint density at radius 2 is 1.89 bits per heavy atom. The van der Waals surface area contributed by atoms with Crippen molar-refractivity contribution in [2.45, 2.75) is 26.7 Å². The van der Waals surface area contributed by atoms with Gasteiger partial charge >= 0.3 is 0 Å². The molecule has 56 valence electrons. The maximum absolute atomic E-state index is 8.81. The van der Waals surface area contributed by atoms with Crippen LogP contribution in [-0.2, 0) is 0 Å². The SMILES string of the molecule is CCC(C)(CO)CCO. The van der Waals surface area contributed by atoms with Crippen LogP contribution >= 0.6 is 0 Å². The molecule has 2 heteroatoms. The average Bonchev–Trinajstić information content (AvgIpc) is 1.89. The minimum absolute atomic E-state index is 0.0608. The topological polar surface area (TPSA) is 40.5 Å². The van der Waals surface area contributed by atoms with Crippen LogP contribution in [0.15, 0.2) is 0 Å². The van der Waals surface area contributed by atoms with Crippen molar-refractivity contribution in [3.63, 3.8) is 0 Å². The second kappa shape index (κ2) is 3.85. The van der Waals surface area contributed by atoms with E-state index < -0.39 is 0 Å². The molecule has 0 aliphatic heterocycles. The van der Waals surface area contributed by atoms with Crippen molar-refractivity contribution < 1.29 is 10.2 Å². The largest absolute Gasteiger partial charge is 0.396 e. The Labute approximate surface area is 56.5 Å². The lowest BCUT2D eigenvalue weighted by Crippen LogP contribution is -2.21. The van der Waals surface area contributed by atoms with E-state index >= 15 is 0 Å². The molecule has 0 bridgehead atoms. The molecule has 0 aromatic rings. The van der Waals surface area contributed by atoms with Crippen molar-refractivity contribution in [2.24, 2.45) is 5.41 Å². The molecular weight excluding hydrogens is 116 g/mol. The third-order valence-corrected chi connectivity index (χ3v) is 1.95. The molecule has 0 rings (SSSR count). The van der Waals surface area contributed by atoms with Crippen LogP contribution in [0.3, 0.4) is 0 Å². The Morgan fingerprint density at radius 1 is 1.33 bits per heavy atom. The minimum atomic E-state index is -0.0608. The molecule has 2 nitrogen and oxygen atoms in total. The third-order valence-electron chi connectivity index (χ3n) is 1.95. The summed E-state index contributed by atoms with van der Waals surface area (Å²) in [7, 11) is 0. The number of rotatable bonds is 4. The molecule has 0 aliphatic rings. The molecule has 0 fully saturated rings. The van der Waals surface area contributed by atoms with Crippen LogP contribution in [0.25, 0.3) is 0 Å². The quantitative estimate of drug-likeness (QED) is 0.593. The molecule has 0 aliphatic carbocycles. The number of hydrogen-bond donors (Lipinski definition) is 2. The van der Waals surface area contributed by atoms with E-state index in [0.717, 1.165) is 6.42 Å². The molecule has 0 radical (unpaired) electrons. The Hall–Kier alpha value is -0.0800. The van der Waals surface area contributed by atoms with Crippen LogP contribution in [0, 0.1) is 5.41 Å². The molecule has 9 heavy (non-hydrogen) atoms. The van der Waals surface area contributed by atoms with Crippen molar-refractivity contribution >= 4 is 0 Å². The number of hydrogen-bond acceptors (Lipinski definition) is 2. The van der Waals surface area contributed by atoms with Crippen molar-refractivity contribution in [3.8, 4) is 0 Å². The van der Waals surface area contributed by atoms with Crippen LogP contribution in [0.4, 0.5) is 0 Å². The summed E-state index contributed by atoms with van der Waals surface area (Å²) in [5.41, 5.74) is -0.0608. The van der Waals surface area contributed by atoms with Crippen LogP contribution < -0.4 is 0 Å². The van der Waals surface area contributed by atoms with Crippen LogP contribution in [0.5, 0.6) is 0 Å². The summed E-state index contributed by atoms with van der Waals surface area (Å²) in [5, 5.41) is 17.4. The highest BCUT2D eigenvalue weighted by atomic mass is 16.3. The summed E-state index contributed by atoms with van der Waals surface area (Å²) in [4.78, 5) is 0. The highest BCUT2D eigenvalue weighted by molar-refractivity contribution is 4.69. The zero-order chi connectivity index (χ0) is 7.33. The first kappa shape index (κ1) is 8.92. The fourth-order valence-electron chi connectivity index (χ4n) is 0.638. The van der Waals surface area contributed by atoms with E-state index in [9.17, 15) is 0 Å². The van der Waals surface area contributed by atoms with E-state index in [0.29, 0.717) is 6.42 Å². The summed E-state index contributed by atoms with van der Waals surface area (Å²) in [6.07, 6.45) is 1.62. The molecule has 0 aromatic heterocycles. The molecule has 1 unspecified atom stereocenters. The summed E-state index contributed by atoms with van der Waals surface area (Å²) in [6, 6.07) is 0. The van der Waals surface area contributed by atoms with Gasteiger partial charge in [-0.15, -0.1) is 0 Å². The van der Waals surface area contributed by atoms with E-state index in [1.165, 1.54) is 0 Å². The fourth-order valence-corrected chi connectivity index (χ4v) is 0.638. The van der Waals surface area contributed by atoms with Gasteiger partial charge in [0, 0.05) is 13.2 Å². The first-order valence-corrected chi connectivity index (χ1v) is 3.40. The molecule has 0 amide bonds. The van der Waals surface area contributed by atoms with Crippen LogP contribution in [-0.4, -0.2) is 23.4 Å². The minimum Gasteiger partial charge on any atom is -0.396 e. The van der Waals surface area contributed by atoms with Gasteiger partial charge in [0.05, 0.1) is 0 Å². The molecule has 0 heterocycles. The zero-order valence-electron chi connectivity index (χ0n) is 6.22. The van der Waals surface area contributed by atoms with Crippen LogP contribution in [0.1, 0.15) is 26.7 Å². The molecule has 0 spiro atoms. The molecular formula is C7H16O2. The monoisotopic (exact) mass is 132 g/mol. The van der Waals surface area contributed by atoms with Gasteiger partial charge in [-0.25, -0.2) is 0 Å². The fraction of sp³-hybridized carbons (Fsp3) is 1.00. The summed E-state index contributed by atoms with van der Waals surface area (Å²) >= 11 is 0. The first-order chi connectivity index (χ1) is 4.18. The van der Waals surface area contributed by atoms with Gasteiger partial charge in [-0.1, -0.05) is 13.8 Å². The van der Waals surface area contributed by atoms with E-state index in [1.54, 1.807) is 0 Å². The van der Waals surface area contributed by atoms with E-state index in [2.05, 4.69) is 0 Å². The molecule has 1 atom stereocenters. The lowest BCUT2D eigenvalue weighted by Gasteiger charge is -2.23. The second-order valence-corrected chi connectivity index (χ2v) is 2.80. The summed E-state index contributed by atoms with van der Waals surface area (Å²) in [6.45, 7) is 4.34. The number of aliphatic hydroxyl groups excluding tert-OH is 2. The zero-order valence-corrected chi connectivity index (χ0v) is 6.22. The van der Waals surface area contributed by atoms with Crippen molar-refractivity contribution in [2.75, 3.05) is 13.2 Å². The highest BCUT2D eigenvalue weighted by Crippen LogP contribution is 2.23. The molecule has 2 N–H and O–H groups in total. The summed E-state index contributed by atoms with van der Waals surface area (Å²) in [5.74, 6) is 0. The Balaban J connectivity index is 3.62. The smallest absolute Gasteiger partial charge is 0.0485 e. The average molecular weight is 132 g/mol. The van der Waals surface area contributed by atoms with E-state index in [-0.39, 0.29) is 18.6 Å². The van der Waals surface area contributed by atoms with Gasteiger partial charge in [0.15, 0.2) is 0 Å². The highest BCUT2D eigenvalue weighted by Gasteiger charge is 2.19. The first-order valence-electron chi connectivity index (χ1n) is 3.40. The lowest BCUT2D eigenvalue weighted by atomic mass is 9.85. The van der Waals surface area contributed by atoms with E-state index in [4.69, 9.17) is 10.2 Å². The Morgan fingerprint density at radius 3 is 2.00 bits per heavy atom. The predicted octanol–water partition coefficient (Wildman–Crippen LogP) is 0.777. The number of aliphatic hydroxyl groups is 2. The predicted molar refractivity (Wildman–Crippen MR) is 37.2 cm³/mol. The summed E-state index contributed by atoms with van der Waals surface area (Å²) < 4.78 is 0. The second-order valence-electron chi connectivity index (χ2n) is 2.80. The normalized spacial score (nSPS) is 17.3. The Kier molecular flexibility index (Phi) is 3.82. The van der Waals surface area contributed by atoms with Gasteiger partial charge in [0.1, 0.15) is 0 Å². The maximum Gasteiger partial charge on any atom is 0.0485 e. The van der Waals surface area contributed by atoms with Crippen LogP contribution in [0.2, 0.25) is 0 Å². The molecule has 0 aromatic carbocycles. The van der Waals surface area contributed by atoms with Gasteiger partial charge in [0.25, 0.3) is 0 Å². The standard InChI is InChI=1S/C7H16O2/c1-3-7(2,6-9)4-5-8/h8-9H,3-6H2,1-2H3.